The summed E-state index contributed by atoms with van der Waals surface area (Å²) < 4.78 is 5.45. The third kappa shape index (κ3) is 5.50. The van der Waals surface area contributed by atoms with Gasteiger partial charge in [0.05, 0.1) is 29.4 Å². The van der Waals surface area contributed by atoms with Crippen molar-refractivity contribution in [1.82, 2.24) is 4.98 Å². The molecule has 0 saturated carbocycles. The van der Waals surface area contributed by atoms with Gasteiger partial charge in [0.15, 0.2) is 0 Å². The topological polar surface area (TPSA) is 42.4 Å². The second-order valence-electron chi connectivity index (χ2n) is 3.87. The summed E-state index contributed by atoms with van der Waals surface area (Å²) in [5.74, 6) is 0.555. The fraction of sp³-hybridized carbons (Fsp3) is 0.308. The first-order valence-electron chi connectivity index (χ1n) is 5.76. The number of hydrogen-bond acceptors (Lipinski definition) is 5. The lowest BCUT2D eigenvalue weighted by Gasteiger charge is -2.10. The Morgan fingerprint density at radius 2 is 2.32 bits per heavy atom. The maximum Gasteiger partial charge on any atom is 0.0961 e. The van der Waals surface area contributed by atoms with Crippen molar-refractivity contribution < 1.29 is 9.84 Å². The Balaban J connectivity index is 1.64. The molecule has 102 valence electrons. The molecule has 0 aliphatic carbocycles. The van der Waals surface area contributed by atoms with Gasteiger partial charge in [0.1, 0.15) is 0 Å². The Bertz CT molecular complexity index is 476. The zero-order valence-electron chi connectivity index (χ0n) is 10.2. The fourth-order valence-corrected chi connectivity index (χ4v) is 2.87. The summed E-state index contributed by atoms with van der Waals surface area (Å²) in [6.45, 7) is 0.886. The molecule has 2 rings (SSSR count). The Morgan fingerprint density at radius 3 is 3.00 bits per heavy atom. The quantitative estimate of drug-likeness (QED) is 0.795. The van der Waals surface area contributed by atoms with E-state index in [0.29, 0.717) is 24.0 Å². The number of aliphatic hydroxyl groups is 1. The fourth-order valence-electron chi connectivity index (χ4n) is 1.37. The first-order valence-corrected chi connectivity index (χ1v) is 8.01. The highest BCUT2D eigenvalue weighted by Gasteiger charge is 2.06. The molecule has 2 aromatic rings. The molecule has 1 atom stereocenters. The molecule has 0 amide bonds. The minimum atomic E-state index is -0.498. The molecule has 0 aliphatic heterocycles. The Hall–Kier alpha value is -0.590. The summed E-state index contributed by atoms with van der Waals surface area (Å²) in [4.78, 5) is 5.32. The predicted octanol–water partition coefficient (Wildman–Crippen LogP) is 3.47. The molecule has 0 radical (unpaired) electrons. The predicted molar refractivity (Wildman–Crippen MR) is 80.0 cm³/mol. The lowest BCUT2D eigenvalue weighted by molar-refractivity contribution is 0.0409. The lowest BCUT2D eigenvalue weighted by Crippen LogP contribution is -2.17. The van der Waals surface area contributed by atoms with Crippen molar-refractivity contribution in [3.05, 3.63) is 45.7 Å². The molecular formula is C13H14ClNO2S2. The molecule has 2 heterocycles. The highest BCUT2D eigenvalue weighted by molar-refractivity contribution is 7.99. The van der Waals surface area contributed by atoms with Gasteiger partial charge in [0, 0.05) is 16.8 Å². The van der Waals surface area contributed by atoms with E-state index in [4.69, 9.17) is 16.3 Å². The highest BCUT2D eigenvalue weighted by atomic mass is 35.5. The number of hydrogen-bond donors (Lipinski definition) is 1. The molecule has 1 N–H and O–H groups in total. The van der Waals surface area contributed by atoms with Gasteiger partial charge in [-0.15, -0.1) is 23.1 Å². The van der Waals surface area contributed by atoms with Crippen LogP contribution in [-0.4, -0.2) is 28.6 Å². The van der Waals surface area contributed by atoms with Crippen molar-refractivity contribution >= 4 is 34.7 Å². The number of halogens is 1. The third-order valence-electron chi connectivity index (χ3n) is 2.26. The van der Waals surface area contributed by atoms with E-state index in [1.807, 2.05) is 23.6 Å². The lowest BCUT2D eigenvalue weighted by atomic mass is 10.4. The van der Waals surface area contributed by atoms with E-state index in [1.165, 1.54) is 16.6 Å². The molecule has 0 aromatic carbocycles. The normalized spacial score (nSPS) is 12.5. The second kappa shape index (κ2) is 7.87. The van der Waals surface area contributed by atoms with E-state index >= 15 is 0 Å². The zero-order chi connectivity index (χ0) is 13.5. The zero-order valence-corrected chi connectivity index (χ0v) is 12.5. The highest BCUT2D eigenvalue weighted by Crippen LogP contribution is 2.18. The monoisotopic (exact) mass is 315 g/mol. The number of aromatic nitrogens is 1. The number of thioether (sulfide) groups is 1. The average Bonchev–Trinajstić information content (AvgIpc) is 2.91. The standard InChI is InChI=1S/C13H14ClNO2S2/c14-10-3-4-13(15-6-10)19-9-11(16)7-17-8-12-2-1-5-18-12/h1-6,11,16H,7-9H2. The average molecular weight is 316 g/mol. The Kier molecular flexibility index (Phi) is 6.13. The summed E-state index contributed by atoms with van der Waals surface area (Å²) in [6.07, 6.45) is 1.10. The summed E-state index contributed by atoms with van der Waals surface area (Å²) in [7, 11) is 0. The van der Waals surface area contributed by atoms with Crippen molar-refractivity contribution in [2.75, 3.05) is 12.4 Å². The smallest absolute Gasteiger partial charge is 0.0961 e. The number of pyridine rings is 1. The summed E-state index contributed by atoms with van der Waals surface area (Å²) >= 11 is 8.89. The molecule has 1 unspecified atom stereocenters. The van der Waals surface area contributed by atoms with Crippen LogP contribution in [0, 0.1) is 0 Å². The van der Waals surface area contributed by atoms with Crippen LogP contribution in [-0.2, 0) is 11.3 Å². The van der Waals surface area contributed by atoms with Crippen molar-refractivity contribution in [1.29, 1.82) is 0 Å². The Morgan fingerprint density at radius 1 is 1.42 bits per heavy atom. The number of aliphatic hydroxyl groups excluding tert-OH is 1. The summed E-state index contributed by atoms with van der Waals surface area (Å²) in [6, 6.07) is 7.63. The molecule has 0 saturated heterocycles. The SMILES string of the molecule is OC(COCc1cccs1)CSc1ccc(Cl)cn1. The minimum Gasteiger partial charge on any atom is -0.390 e. The molecule has 0 fully saturated rings. The number of ether oxygens (including phenoxy) is 1. The van der Waals surface area contributed by atoms with E-state index < -0.39 is 6.10 Å². The largest absolute Gasteiger partial charge is 0.390 e. The van der Waals surface area contributed by atoms with Crippen LogP contribution < -0.4 is 0 Å². The van der Waals surface area contributed by atoms with Crippen LogP contribution in [0.5, 0.6) is 0 Å². The molecule has 2 aromatic heterocycles. The molecule has 0 spiro atoms. The first kappa shape index (κ1) is 14.8. The molecule has 6 heteroatoms. The van der Waals surface area contributed by atoms with Crippen molar-refractivity contribution in [3.8, 4) is 0 Å². The molecule has 0 aliphatic rings. The van der Waals surface area contributed by atoms with Gasteiger partial charge in [0.2, 0.25) is 0 Å². The van der Waals surface area contributed by atoms with Gasteiger partial charge in [-0.25, -0.2) is 4.98 Å². The third-order valence-corrected chi connectivity index (χ3v) is 4.42. The van der Waals surface area contributed by atoms with Crippen molar-refractivity contribution in [3.63, 3.8) is 0 Å². The molecule has 3 nitrogen and oxygen atoms in total. The second-order valence-corrected chi connectivity index (χ2v) is 6.38. The number of nitrogens with zero attached hydrogens (tertiary/aromatic N) is 1. The van der Waals surface area contributed by atoms with Gasteiger partial charge >= 0.3 is 0 Å². The molecule has 19 heavy (non-hydrogen) atoms. The van der Waals surface area contributed by atoms with Crippen LogP contribution >= 0.6 is 34.7 Å². The van der Waals surface area contributed by atoms with Gasteiger partial charge in [-0.3, -0.25) is 0 Å². The van der Waals surface area contributed by atoms with Crippen LogP contribution in [0.25, 0.3) is 0 Å². The maximum atomic E-state index is 9.80. The van der Waals surface area contributed by atoms with E-state index in [2.05, 4.69) is 4.98 Å². The van der Waals surface area contributed by atoms with E-state index in [-0.39, 0.29) is 0 Å². The van der Waals surface area contributed by atoms with Gasteiger partial charge in [-0.05, 0) is 23.6 Å². The summed E-state index contributed by atoms with van der Waals surface area (Å²) in [5.41, 5.74) is 0. The van der Waals surface area contributed by atoms with Gasteiger partial charge in [-0.2, -0.15) is 0 Å². The van der Waals surface area contributed by atoms with Gasteiger partial charge < -0.3 is 9.84 Å². The molecular weight excluding hydrogens is 302 g/mol. The van der Waals surface area contributed by atoms with Crippen LogP contribution in [0.4, 0.5) is 0 Å². The van der Waals surface area contributed by atoms with Crippen molar-refractivity contribution in [2.24, 2.45) is 0 Å². The Labute approximate surface area is 125 Å². The van der Waals surface area contributed by atoms with E-state index in [9.17, 15) is 5.11 Å². The molecule has 0 bridgehead atoms. The number of thiophene rings is 1. The van der Waals surface area contributed by atoms with Gasteiger partial charge in [0.25, 0.3) is 0 Å². The van der Waals surface area contributed by atoms with Gasteiger partial charge in [-0.1, -0.05) is 17.7 Å². The first-order chi connectivity index (χ1) is 9.24. The minimum absolute atomic E-state index is 0.332. The van der Waals surface area contributed by atoms with Crippen molar-refractivity contribution in [2.45, 2.75) is 17.7 Å². The number of rotatable bonds is 7. The van der Waals surface area contributed by atoms with E-state index in [1.54, 1.807) is 23.6 Å². The maximum absolute atomic E-state index is 9.80. The van der Waals surface area contributed by atoms with Crippen LogP contribution in [0.15, 0.2) is 40.9 Å². The van der Waals surface area contributed by atoms with Crippen LogP contribution in [0.3, 0.4) is 0 Å². The summed E-state index contributed by atoms with van der Waals surface area (Å²) in [5, 5.41) is 13.3. The van der Waals surface area contributed by atoms with Crippen LogP contribution in [0.2, 0.25) is 5.02 Å². The van der Waals surface area contributed by atoms with E-state index in [0.717, 1.165) is 5.03 Å². The van der Waals surface area contributed by atoms with Crippen LogP contribution in [0.1, 0.15) is 4.88 Å².